The quantitative estimate of drug-likeness (QED) is 0.682. The fourth-order valence-electron chi connectivity index (χ4n) is 2.12. The van der Waals surface area contributed by atoms with Crippen LogP contribution in [0, 0.1) is 6.92 Å². The third-order valence-electron chi connectivity index (χ3n) is 3.36. The van der Waals surface area contributed by atoms with Gasteiger partial charge in [-0.3, -0.25) is 0 Å². The summed E-state index contributed by atoms with van der Waals surface area (Å²) < 4.78 is 5.26. The Morgan fingerprint density at radius 2 is 1.92 bits per heavy atom. The number of nitrogens with one attached hydrogen (secondary N) is 2. The normalized spacial score (nSPS) is 10.4. The Morgan fingerprint density at radius 1 is 1.17 bits per heavy atom. The molecule has 1 heterocycles. The Labute approximate surface area is 150 Å². The molecule has 2 N–H and O–H groups in total. The molecule has 0 atom stereocenters. The maximum atomic E-state index is 5.85. The van der Waals surface area contributed by atoms with Gasteiger partial charge in [-0.15, -0.1) is 0 Å². The van der Waals surface area contributed by atoms with Crippen LogP contribution in [0.3, 0.4) is 0 Å². The van der Waals surface area contributed by atoms with Crippen molar-refractivity contribution in [2.75, 3.05) is 5.32 Å². The molecule has 3 aromatic rings. The Morgan fingerprint density at radius 3 is 2.67 bits per heavy atom. The molecule has 3 rings (SSSR count). The van der Waals surface area contributed by atoms with Gasteiger partial charge in [0.1, 0.15) is 0 Å². The molecular formula is C17H15ClN4OS. The molecule has 0 saturated carbocycles. The highest BCUT2D eigenvalue weighted by Gasteiger charge is 2.10. The predicted octanol–water partition coefficient (Wildman–Crippen LogP) is 4.19. The van der Waals surface area contributed by atoms with Crippen molar-refractivity contribution < 1.29 is 4.52 Å². The van der Waals surface area contributed by atoms with Crippen LogP contribution in [0.1, 0.15) is 11.5 Å². The Hall–Kier alpha value is -2.44. The zero-order chi connectivity index (χ0) is 16.9. The first-order valence-corrected chi connectivity index (χ1v) is 8.09. The van der Waals surface area contributed by atoms with E-state index in [-0.39, 0.29) is 0 Å². The summed E-state index contributed by atoms with van der Waals surface area (Å²) >= 11 is 11.1. The van der Waals surface area contributed by atoms with Crippen LogP contribution in [0.4, 0.5) is 5.69 Å². The smallest absolute Gasteiger partial charge is 0.246 e. The van der Waals surface area contributed by atoms with Gasteiger partial charge in [0.15, 0.2) is 5.11 Å². The summed E-state index contributed by atoms with van der Waals surface area (Å²) in [5.41, 5.74) is 2.90. The number of aromatic nitrogens is 2. The molecule has 122 valence electrons. The summed E-state index contributed by atoms with van der Waals surface area (Å²) in [7, 11) is 0. The molecular weight excluding hydrogens is 344 g/mol. The van der Waals surface area contributed by atoms with Gasteiger partial charge >= 0.3 is 0 Å². The average Bonchev–Trinajstić information content (AvgIpc) is 3.04. The largest absolute Gasteiger partial charge is 0.353 e. The molecule has 0 aliphatic rings. The summed E-state index contributed by atoms with van der Waals surface area (Å²) in [6, 6.07) is 15.2. The number of benzene rings is 2. The zero-order valence-corrected chi connectivity index (χ0v) is 14.5. The molecule has 0 spiro atoms. The minimum atomic E-state index is 0.346. The standard InChI is InChI=1S/C17H15ClN4OS/c1-11-4-2-3-5-14(11)16-21-15(23-22-16)10-19-17(24)20-13-8-6-12(18)7-9-13/h2-9H,10H2,1H3,(H2,19,20,24). The molecule has 0 bridgehead atoms. The van der Waals surface area contributed by atoms with E-state index in [2.05, 4.69) is 20.8 Å². The number of nitrogens with zero attached hydrogens (tertiary/aromatic N) is 2. The van der Waals surface area contributed by atoms with Gasteiger partial charge in [-0.25, -0.2) is 0 Å². The Kier molecular flexibility index (Phi) is 5.08. The SMILES string of the molecule is Cc1ccccc1-c1noc(CNC(=S)Nc2ccc(Cl)cc2)n1. The van der Waals surface area contributed by atoms with Gasteiger partial charge in [0.05, 0.1) is 6.54 Å². The number of hydrogen-bond donors (Lipinski definition) is 2. The van der Waals surface area contributed by atoms with Crippen LogP contribution in [0.5, 0.6) is 0 Å². The van der Waals surface area contributed by atoms with Crippen LogP contribution in [-0.4, -0.2) is 15.3 Å². The maximum Gasteiger partial charge on any atom is 0.246 e. The number of halogens is 1. The van der Waals surface area contributed by atoms with Crippen LogP contribution < -0.4 is 10.6 Å². The average molecular weight is 359 g/mol. The lowest BCUT2D eigenvalue weighted by molar-refractivity contribution is 0.376. The second kappa shape index (κ2) is 7.42. The first-order chi connectivity index (χ1) is 11.6. The van der Waals surface area contributed by atoms with E-state index in [1.54, 1.807) is 12.1 Å². The Bertz CT molecular complexity index is 848. The van der Waals surface area contributed by atoms with Crippen molar-refractivity contribution in [1.82, 2.24) is 15.5 Å². The van der Waals surface area contributed by atoms with Crippen LogP contribution in [-0.2, 0) is 6.54 Å². The molecule has 7 heteroatoms. The van der Waals surface area contributed by atoms with E-state index in [1.165, 1.54) is 0 Å². The van der Waals surface area contributed by atoms with Gasteiger partial charge in [-0.1, -0.05) is 41.0 Å². The van der Waals surface area contributed by atoms with Crippen molar-refractivity contribution in [3.8, 4) is 11.4 Å². The van der Waals surface area contributed by atoms with Crippen LogP contribution in [0.15, 0.2) is 53.1 Å². The van der Waals surface area contributed by atoms with Gasteiger partial charge in [-0.05, 0) is 49.0 Å². The van der Waals surface area contributed by atoms with E-state index >= 15 is 0 Å². The molecule has 1 aromatic heterocycles. The lowest BCUT2D eigenvalue weighted by Gasteiger charge is -2.08. The highest BCUT2D eigenvalue weighted by atomic mass is 35.5. The second-order valence-corrected chi connectivity index (χ2v) is 5.99. The van der Waals surface area contributed by atoms with Crippen LogP contribution in [0.2, 0.25) is 5.02 Å². The Balaban J connectivity index is 1.58. The number of hydrogen-bond acceptors (Lipinski definition) is 4. The molecule has 0 radical (unpaired) electrons. The van der Waals surface area contributed by atoms with Crippen molar-refractivity contribution in [2.24, 2.45) is 0 Å². The van der Waals surface area contributed by atoms with E-state index < -0.39 is 0 Å². The summed E-state index contributed by atoms with van der Waals surface area (Å²) in [5, 5.41) is 11.2. The van der Waals surface area contributed by atoms with E-state index in [1.807, 2.05) is 43.3 Å². The van der Waals surface area contributed by atoms with E-state index in [0.717, 1.165) is 16.8 Å². The minimum absolute atomic E-state index is 0.346. The summed E-state index contributed by atoms with van der Waals surface area (Å²) in [6.45, 7) is 2.35. The number of aryl methyl sites for hydroxylation is 1. The second-order valence-electron chi connectivity index (χ2n) is 5.14. The zero-order valence-electron chi connectivity index (χ0n) is 12.9. The van der Waals surface area contributed by atoms with Crippen molar-refractivity contribution in [3.63, 3.8) is 0 Å². The monoisotopic (exact) mass is 358 g/mol. The first kappa shape index (κ1) is 16.4. The number of anilines is 1. The molecule has 0 aliphatic carbocycles. The third-order valence-corrected chi connectivity index (χ3v) is 3.85. The minimum Gasteiger partial charge on any atom is -0.353 e. The van der Waals surface area contributed by atoms with E-state index in [9.17, 15) is 0 Å². The van der Waals surface area contributed by atoms with Crippen LogP contribution >= 0.6 is 23.8 Å². The summed E-state index contributed by atoms with van der Waals surface area (Å²) in [6.07, 6.45) is 0. The van der Waals surface area contributed by atoms with Gasteiger partial charge in [-0.2, -0.15) is 4.98 Å². The molecule has 0 unspecified atom stereocenters. The maximum absolute atomic E-state index is 5.85. The van der Waals surface area contributed by atoms with Gasteiger partial charge in [0.25, 0.3) is 0 Å². The van der Waals surface area contributed by atoms with Gasteiger partial charge < -0.3 is 15.2 Å². The molecule has 0 saturated heterocycles. The third kappa shape index (κ3) is 4.10. The fraction of sp³-hybridized carbons (Fsp3) is 0.118. The highest BCUT2D eigenvalue weighted by Crippen LogP contribution is 2.19. The van der Waals surface area contributed by atoms with Crippen molar-refractivity contribution in [2.45, 2.75) is 13.5 Å². The molecule has 0 aliphatic heterocycles. The lowest BCUT2D eigenvalue weighted by Crippen LogP contribution is -2.27. The van der Waals surface area contributed by atoms with E-state index in [0.29, 0.717) is 28.4 Å². The number of thiocarbonyl (C=S) groups is 1. The first-order valence-electron chi connectivity index (χ1n) is 7.31. The fourth-order valence-corrected chi connectivity index (χ4v) is 2.44. The number of rotatable bonds is 4. The summed E-state index contributed by atoms with van der Waals surface area (Å²) in [4.78, 5) is 4.39. The van der Waals surface area contributed by atoms with Gasteiger partial charge in [0, 0.05) is 16.3 Å². The van der Waals surface area contributed by atoms with Crippen molar-refractivity contribution >= 4 is 34.6 Å². The van der Waals surface area contributed by atoms with Crippen molar-refractivity contribution in [1.29, 1.82) is 0 Å². The lowest BCUT2D eigenvalue weighted by atomic mass is 10.1. The molecule has 0 amide bonds. The highest BCUT2D eigenvalue weighted by molar-refractivity contribution is 7.80. The predicted molar refractivity (Wildman–Crippen MR) is 99.0 cm³/mol. The molecule has 2 aromatic carbocycles. The molecule has 0 fully saturated rings. The topological polar surface area (TPSA) is 63.0 Å². The summed E-state index contributed by atoms with van der Waals surface area (Å²) in [5.74, 6) is 1.04. The van der Waals surface area contributed by atoms with Gasteiger partial charge in [0.2, 0.25) is 11.7 Å². The molecule has 24 heavy (non-hydrogen) atoms. The van der Waals surface area contributed by atoms with Crippen LogP contribution in [0.25, 0.3) is 11.4 Å². The van der Waals surface area contributed by atoms with E-state index in [4.69, 9.17) is 28.3 Å². The van der Waals surface area contributed by atoms with Crippen molar-refractivity contribution in [3.05, 3.63) is 65.0 Å². The molecule has 5 nitrogen and oxygen atoms in total.